The predicted octanol–water partition coefficient (Wildman–Crippen LogP) is 2.11. The summed E-state index contributed by atoms with van der Waals surface area (Å²) in [6.07, 6.45) is 5.68. The third-order valence-corrected chi connectivity index (χ3v) is 5.13. The fourth-order valence-corrected chi connectivity index (χ4v) is 3.48. The highest BCUT2D eigenvalue weighted by Crippen LogP contribution is 2.30. The van der Waals surface area contributed by atoms with E-state index in [2.05, 4.69) is 38.7 Å². The number of hydrogen-bond acceptors (Lipinski definition) is 6. The number of likely N-dealkylation sites (N-methyl/N-ethyl adjacent to an activating group) is 1. The molecule has 3 rings (SSSR count). The number of aliphatic hydroxyl groups excluding tert-OH is 1. The normalized spacial score (nSPS) is 16.3. The first-order chi connectivity index (χ1) is 13.2. The number of carbonyl (C=O) groups excluding carboxylic acids is 1. The Labute approximate surface area is 159 Å². The molecule has 146 valence electrons. The van der Waals surface area contributed by atoms with Crippen LogP contribution in [-0.4, -0.2) is 55.7 Å². The van der Waals surface area contributed by atoms with Gasteiger partial charge < -0.3 is 20.1 Å². The molecule has 0 spiro atoms. The number of fused-ring (bicyclic) bond motifs is 1. The minimum Gasteiger partial charge on any atom is -0.445 e. The van der Waals surface area contributed by atoms with Gasteiger partial charge in [-0.15, -0.1) is 0 Å². The van der Waals surface area contributed by atoms with Crippen LogP contribution in [0.3, 0.4) is 0 Å². The molecule has 7 heteroatoms. The number of ether oxygens (including phenoxy) is 1. The van der Waals surface area contributed by atoms with E-state index in [0.717, 1.165) is 32.4 Å². The van der Waals surface area contributed by atoms with Crippen molar-refractivity contribution in [3.8, 4) is 0 Å². The molecule has 0 aliphatic carbocycles. The minimum absolute atomic E-state index is 0.0558. The highest BCUT2D eigenvalue weighted by Gasteiger charge is 2.21. The minimum atomic E-state index is -0.830. The molecule has 1 saturated heterocycles. The number of aliphatic hydroxyl groups is 1. The summed E-state index contributed by atoms with van der Waals surface area (Å²) < 4.78 is 4.92. The molecule has 7 nitrogen and oxygen atoms in total. The van der Waals surface area contributed by atoms with E-state index in [1.165, 1.54) is 16.5 Å². The van der Waals surface area contributed by atoms with Crippen molar-refractivity contribution in [2.24, 2.45) is 5.92 Å². The molecular formula is C20H28N4O3. The molecule has 27 heavy (non-hydrogen) atoms. The van der Waals surface area contributed by atoms with Crippen LogP contribution in [0.25, 0.3) is 10.8 Å². The van der Waals surface area contributed by atoms with Crippen LogP contribution in [0.15, 0.2) is 36.7 Å². The first kappa shape index (κ1) is 19.4. The van der Waals surface area contributed by atoms with Gasteiger partial charge in [0.25, 0.3) is 0 Å². The Morgan fingerprint density at radius 2 is 2.11 bits per heavy atom. The van der Waals surface area contributed by atoms with Crippen LogP contribution in [0.1, 0.15) is 19.3 Å². The van der Waals surface area contributed by atoms with Crippen molar-refractivity contribution in [2.75, 3.05) is 38.2 Å². The molecule has 1 fully saturated rings. The van der Waals surface area contributed by atoms with Crippen LogP contribution in [0, 0.1) is 5.92 Å². The number of pyridine rings is 1. The number of nitrogens with one attached hydrogen (secondary N) is 2. The van der Waals surface area contributed by atoms with Crippen molar-refractivity contribution in [3.63, 3.8) is 0 Å². The largest absolute Gasteiger partial charge is 0.445 e. The van der Waals surface area contributed by atoms with E-state index in [0.29, 0.717) is 12.5 Å². The first-order valence-corrected chi connectivity index (χ1v) is 9.51. The fourth-order valence-electron chi connectivity index (χ4n) is 3.48. The molecule has 2 aromatic rings. The standard InChI is InChI=1S/C20H28N4O3/c1-21-19(25)14-27-20(26)23-9-6-15-7-10-24(11-8-15)18-13-22-12-16-4-2-3-5-17(16)18/h2-5,12-13,15,19,21,25H,6-11,14H2,1H3,(H,23,26). The number of alkyl carbamates (subject to hydrolysis) is 1. The van der Waals surface area contributed by atoms with Gasteiger partial charge in [0.05, 0.1) is 11.9 Å². The van der Waals surface area contributed by atoms with E-state index >= 15 is 0 Å². The number of anilines is 1. The van der Waals surface area contributed by atoms with Gasteiger partial charge in [-0.05, 0) is 32.2 Å². The Bertz CT molecular complexity index is 742. The molecule has 0 saturated carbocycles. The Kier molecular flexibility index (Phi) is 6.84. The number of piperidine rings is 1. The van der Waals surface area contributed by atoms with Crippen LogP contribution in [0.5, 0.6) is 0 Å². The van der Waals surface area contributed by atoms with Crippen LogP contribution < -0.4 is 15.5 Å². The van der Waals surface area contributed by atoms with Crippen molar-refractivity contribution in [3.05, 3.63) is 36.7 Å². The summed E-state index contributed by atoms with van der Waals surface area (Å²) in [4.78, 5) is 18.4. The van der Waals surface area contributed by atoms with Gasteiger partial charge >= 0.3 is 6.09 Å². The Morgan fingerprint density at radius 1 is 1.33 bits per heavy atom. The maximum Gasteiger partial charge on any atom is 0.407 e. The SMILES string of the molecule is CNC(O)COC(=O)NCCC1CCN(c2cncc3ccccc23)CC1. The predicted molar refractivity (Wildman–Crippen MR) is 106 cm³/mol. The number of nitrogens with zero attached hydrogens (tertiary/aromatic N) is 2. The summed E-state index contributed by atoms with van der Waals surface area (Å²) in [7, 11) is 1.60. The van der Waals surface area contributed by atoms with E-state index in [4.69, 9.17) is 4.74 Å². The molecule has 1 aromatic carbocycles. The average molecular weight is 372 g/mol. The lowest BCUT2D eigenvalue weighted by Gasteiger charge is -2.34. The second-order valence-electron chi connectivity index (χ2n) is 6.93. The van der Waals surface area contributed by atoms with Crippen molar-refractivity contribution in [2.45, 2.75) is 25.5 Å². The molecule has 1 aliphatic rings. The van der Waals surface area contributed by atoms with Crippen molar-refractivity contribution >= 4 is 22.6 Å². The zero-order valence-electron chi connectivity index (χ0n) is 15.7. The zero-order chi connectivity index (χ0) is 19.1. The van der Waals surface area contributed by atoms with E-state index < -0.39 is 12.3 Å². The smallest absolute Gasteiger partial charge is 0.407 e. The summed E-state index contributed by atoms with van der Waals surface area (Å²) in [5, 5.41) is 17.1. The molecule has 0 radical (unpaired) electrons. The number of hydrogen-bond donors (Lipinski definition) is 3. The lowest BCUT2D eigenvalue weighted by atomic mass is 9.93. The third-order valence-electron chi connectivity index (χ3n) is 5.13. The number of aromatic nitrogens is 1. The Balaban J connectivity index is 1.42. The van der Waals surface area contributed by atoms with E-state index in [1.807, 2.05) is 18.5 Å². The molecule has 1 atom stereocenters. The van der Waals surface area contributed by atoms with Crippen LogP contribution in [0.4, 0.5) is 10.5 Å². The van der Waals surface area contributed by atoms with E-state index in [-0.39, 0.29) is 6.61 Å². The van der Waals surface area contributed by atoms with E-state index in [9.17, 15) is 9.90 Å². The Morgan fingerprint density at radius 3 is 2.89 bits per heavy atom. The molecule has 1 unspecified atom stereocenters. The van der Waals surface area contributed by atoms with E-state index in [1.54, 1.807) is 7.05 Å². The maximum absolute atomic E-state index is 11.6. The average Bonchev–Trinajstić information content (AvgIpc) is 2.72. The molecule has 3 N–H and O–H groups in total. The number of benzene rings is 1. The summed E-state index contributed by atoms with van der Waals surface area (Å²) in [5.41, 5.74) is 1.20. The maximum atomic E-state index is 11.6. The summed E-state index contributed by atoms with van der Waals surface area (Å²) in [6, 6.07) is 8.36. The molecular weight excluding hydrogens is 344 g/mol. The zero-order valence-corrected chi connectivity index (χ0v) is 15.7. The molecule has 1 amide bonds. The molecule has 1 aromatic heterocycles. The number of carbonyl (C=O) groups is 1. The van der Waals surface area contributed by atoms with Crippen LogP contribution >= 0.6 is 0 Å². The van der Waals surface area contributed by atoms with Crippen LogP contribution in [0.2, 0.25) is 0 Å². The van der Waals surface area contributed by atoms with Gasteiger partial charge in [-0.2, -0.15) is 0 Å². The van der Waals surface area contributed by atoms with Gasteiger partial charge in [-0.25, -0.2) is 4.79 Å². The Hall–Kier alpha value is -2.38. The van der Waals surface area contributed by atoms with Crippen molar-refractivity contribution in [1.29, 1.82) is 0 Å². The van der Waals surface area contributed by atoms with Gasteiger partial charge in [0.2, 0.25) is 0 Å². The second-order valence-corrected chi connectivity index (χ2v) is 6.93. The van der Waals surface area contributed by atoms with Gasteiger partial charge in [0.1, 0.15) is 12.8 Å². The highest BCUT2D eigenvalue weighted by atomic mass is 16.6. The lowest BCUT2D eigenvalue weighted by Crippen LogP contribution is -2.36. The van der Waals surface area contributed by atoms with Crippen molar-refractivity contribution in [1.82, 2.24) is 15.6 Å². The number of amides is 1. The van der Waals surface area contributed by atoms with Gasteiger partial charge in [-0.3, -0.25) is 10.3 Å². The van der Waals surface area contributed by atoms with Crippen molar-refractivity contribution < 1.29 is 14.6 Å². The first-order valence-electron chi connectivity index (χ1n) is 9.51. The summed E-state index contributed by atoms with van der Waals surface area (Å²) in [6.45, 7) is 2.53. The van der Waals surface area contributed by atoms with Gasteiger partial charge in [0, 0.05) is 36.6 Å². The monoisotopic (exact) mass is 372 g/mol. The molecule has 2 heterocycles. The second kappa shape index (κ2) is 9.53. The molecule has 1 aliphatic heterocycles. The quantitative estimate of drug-likeness (QED) is 0.646. The topological polar surface area (TPSA) is 86.7 Å². The molecule has 0 bridgehead atoms. The highest BCUT2D eigenvalue weighted by molar-refractivity contribution is 5.93. The van der Waals surface area contributed by atoms with Gasteiger partial charge in [0.15, 0.2) is 0 Å². The van der Waals surface area contributed by atoms with Gasteiger partial charge in [-0.1, -0.05) is 24.3 Å². The third kappa shape index (κ3) is 5.30. The summed E-state index contributed by atoms with van der Waals surface area (Å²) in [5.74, 6) is 0.590. The fraction of sp³-hybridized carbons (Fsp3) is 0.500. The summed E-state index contributed by atoms with van der Waals surface area (Å²) >= 11 is 0. The number of rotatable bonds is 7. The lowest BCUT2D eigenvalue weighted by molar-refractivity contribution is 0.0534. The van der Waals surface area contributed by atoms with Crippen LogP contribution in [-0.2, 0) is 4.74 Å².